The molecule has 7 N–H and O–H groups in total. The minimum atomic E-state index is -6.85. The van der Waals surface area contributed by atoms with Crippen molar-refractivity contribution < 1.29 is 153 Å². The van der Waals surface area contributed by atoms with Gasteiger partial charge in [0.1, 0.15) is 51.8 Å². The summed E-state index contributed by atoms with van der Waals surface area (Å²) in [4.78, 5) is 89.1. The molecule has 29 nitrogen and oxygen atoms in total. The van der Waals surface area contributed by atoms with Crippen molar-refractivity contribution >= 4 is 63.4 Å². The van der Waals surface area contributed by atoms with Gasteiger partial charge in [-0.3, -0.25) is 0 Å². The van der Waals surface area contributed by atoms with Crippen molar-refractivity contribution in [3.8, 4) is 11.5 Å². The van der Waals surface area contributed by atoms with Crippen LogP contribution in [0.4, 0.5) is 67.1 Å². The summed E-state index contributed by atoms with van der Waals surface area (Å²) in [6, 6.07) is 15.8. The van der Waals surface area contributed by atoms with E-state index in [0.29, 0.717) is 36.8 Å². The first-order chi connectivity index (χ1) is 48.4. The van der Waals surface area contributed by atoms with Gasteiger partial charge >= 0.3 is 93.8 Å². The number of alkyl carbamates (subject to hydrolysis) is 3. The van der Waals surface area contributed by atoms with E-state index in [2.05, 4.69) is 53.6 Å². The Morgan fingerprint density at radius 2 is 0.766 bits per heavy atom. The van der Waals surface area contributed by atoms with Gasteiger partial charge in [0.05, 0.1) is 30.3 Å². The lowest BCUT2D eigenvalue weighted by Crippen LogP contribution is -2.53. The van der Waals surface area contributed by atoms with Crippen molar-refractivity contribution in [2.75, 3.05) is 0 Å². The van der Waals surface area contributed by atoms with Gasteiger partial charge in [0.15, 0.2) is 11.5 Å². The third-order valence-corrected chi connectivity index (χ3v) is 19.0. The first kappa shape index (κ1) is 103. The number of rotatable bonds is 22. The van der Waals surface area contributed by atoms with Gasteiger partial charge in [-0.25, -0.2) is 33.6 Å². The number of carboxylic acids is 1. The Bertz CT molecular complexity index is 3930. The number of amides is 3. The van der Waals surface area contributed by atoms with Crippen molar-refractivity contribution in [1.29, 1.82) is 0 Å². The smallest absolute Gasteiger partial charge is 0.534 e. The number of ether oxygens (including phenoxy) is 3. The molecular formula is C62H92F12N4O25S3Si. The van der Waals surface area contributed by atoms with E-state index in [-0.39, 0.29) is 50.2 Å². The van der Waals surface area contributed by atoms with Crippen LogP contribution >= 0.6 is 0 Å². The number of quaternary nitrogens is 1. The monoisotopic (exact) mass is 1640 g/mol. The molecule has 0 aromatic carbocycles. The van der Waals surface area contributed by atoms with Gasteiger partial charge in [0, 0.05) is 39.5 Å². The normalized spacial score (nSPS) is 13.1. The Morgan fingerprint density at radius 1 is 0.467 bits per heavy atom. The van der Waals surface area contributed by atoms with Crippen LogP contribution in [0.3, 0.4) is 0 Å². The SMILES string of the molecule is CCC[C@@H](NC(=O)OC(C)(C)C)c1cc(O)cc(=O)o1.CCC[C@@H](NC(=O)OC(C)(C)C)c1cc(OS(=O)(=O)C(F)(F)F)cc(=O)o1.CCC[C@@H](NC(=O)OC(C)(C)C)c1cccc(=O)o1.CCC[C@@H]([NH3+])c1cccc(=O)o1.CC[SiH](CC)CC.O=C([O-])C(F)(F)F.O=S(=O)(OS(=O)(=O)C(F)(F)F)C(F)(F)F. The highest BCUT2D eigenvalue weighted by Gasteiger charge is 2.57. The zero-order valence-corrected chi connectivity index (χ0v) is 64.8. The number of hydrogen-bond donors (Lipinski definition) is 5. The van der Waals surface area contributed by atoms with Gasteiger partial charge in [-0.1, -0.05) is 104 Å². The Balaban J connectivity index is -0.00000123. The third kappa shape index (κ3) is 45.3. The maximum Gasteiger partial charge on any atom is 0.534 e. The Hall–Kier alpha value is -8.17. The third-order valence-electron chi connectivity index (χ3n) is 12.0. The number of carboxylic acid groups (broad SMARTS) is 1. The molecule has 0 aliphatic rings. The lowest BCUT2D eigenvalue weighted by molar-refractivity contribution is -0.432. The topological polar surface area (TPSA) is 445 Å². The lowest BCUT2D eigenvalue weighted by atomic mass is 10.1. The molecule has 4 atom stereocenters. The Labute approximate surface area is 610 Å². The van der Waals surface area contributed by atoms with Gasteiger partial charge in [-0.2, -0.15) is 77.9 Å². The van der Waals surface area contributed by atoms with Crippen LogP contribution in [0.25, 0.3) is 0 Å². The summed E-state index contributed by atoms with van der Waals surface area (Å²) >= 11 is 0. The largest absolute Gasteiger partial charge is 0.542 e. The molecule has 0 saturated carbocycles. The standard InChI is InChI=1S/C15H20F3NO7S.C14H21NO5.C14H21NO4.C9H13NO2.C6H16Si.C2F6O5S2.C2HF3O2/c1-5-6-10(19-13(21)25-14(2,3)4)11-7-9(8-12(20)24-11)26-27(22,23)15(16,17)18;1-5-6-10(15-13(18)20-14(2,3)4)11-7-9(16)8-12(17)19-11;1-5-7-10(11-8-6-9-12(16)18-11)15-13(17)19-14(2,3)4;1-2-4-7(10)8-5-3-6-9(11)12-8;1-4-7(5-2)6-3;3-1(4,5)14(9,10)13-15(11,12)2(6,7)8;3-2(4,5)1(6)7/h7-8,10H,5-6H2,1-4H3,(H,19,21);7-8,10,16H,5-6H2,1-4H3,(H,15,18);6,8-10H,5,7H2,1-4H3,(H,15,17);3,5-7H,2,4,10H2,1H3;7H,4-6H2,1-3H3;;(H,6,7)/t3*10-;7-;;;/m1111.../s1. The van der Waals surface area contributed by atoms with Crippen LogP contribution in [0.15, 0.2) is 97.5 Å². The molecule has 0 saturated heterocycles. The summed E-state index contributed by atoms with van der Waals surface area (Å²) in [5, 5.41) is 26.0. The van der Waals surface area contributed by atoms with Gasteiger partial charge in [0.25, 0.3) is 0 Å². The summed E-state index contributed by atoms with van der Waals surface area (Å²) in [7, 11) is -19.8. The number of hydrogen-bond acceptors (Lipinski definition) is 25. The average Bonchev–Trinajstić information content (AvgIpc) is 0.799. The summed E-state index contributed by atoms with van der Waals surface area (Å²) in [6.45, 7) is 30.3. The molecule has 45 heteroatoms. The predicted octanol–water partition coefficient (Wildman–Crippen LogP) is 11.9. The lowest BCUT2D eigenvalue weighted by Gasteiger charge is -2.23. The molecular weight excluding hydrogens is 1550 g/mol. The molecule has 616 valence electrons. The summed E-state index contributed by atoms with van der Waals surface area (Å²) in [6.07, 6.45) is -1.58. The summed E-state index contributed by atoms with van der Waals surface area (Å²) in [5.41, 5.74) is -18.8. The molecule has 3 amide bonds. The van der Waals surface area contributed by atoms with Crippen LogP contribution in [0.1, 0.15) is 209 Å². The summed E-state index contributed by atoms with van der Waals surface area (Å²) < 4.78 is 240. The molecule has 0 aliphatic carbocycles. The maximum absolute atomic E-state index is 12.4. The van der Waals surface area contributed by atoms with Crippen LogP contribution < -0.4 is 53.5 Å². The minimum Gasteiger partial charge on any atom is -0.542 e. The average molecular weight is 1650 g/mol. The second-order valence-electron chi connectivity index (χ2n) is 24.9. The van der Waals surface area contributed by atoms with Crippen LogP contribution in [0, 0.1) is 0 Å². The van der Waals surface area contributed by atoms with E-state index in [1.165, 1.54) is 36.3 Å². The molecule has 0 aliphatic heterocycles. The van der Waals surface area contributed by atoms with Crippen molar-refractivity contribution in [3.05, 3.63) is 125 Å². The van der Waals surface area contributed by atoms with E-state index in [4.69, 9.17) is 41.8 Å². The fourth-order valence-corrected chi connectivity index (χ4v) is 11.1. The van der Waals surface area contributed by atoms with Crippen molar-refractivity contribution in [2.45, 2.75) is 244 Å². The molecule has 4 aromatic heterocycles. The molecule has 107 heavy (non-hydrogen) atoms. The molecule has 0 radical (unpaired) electrons. The zero-order chi connectivity index (χ0) is 84.3. The fourth-order valence-electron chi connectivity index (χ4n) is 7.36. The van der Waals surface area contributed by atoms with E-state index >= 15 is 0 Å². The molecule has 0 spiro atoms. The van der Waals surface area contributed by atoms with Gasteiger partial charge in [0.2, 0.25) is 0 Å². The van der Waals surface area contributed by atoms with E-state index in [0.717, 1.165) is 37.8 Å². The quantitative estimate of drug-likeness (QED) is 0.0160. The Morgan fingerprint density at radius 3 is 1.05 bits per heavy atom. The number of nitrogens with one attached hydrogen (secondary N) is 3. The first-order valence-corrected chi connectivity index (χ1v) is 38.7. The van der Waals surface area contributed by atoms with E-state index in [9.17, 15) is 117 Å². The first-order valence-electron chi connectivity index (χ1n) is 32.0. The van der Waals surface area contributed by atoms with Crippen molar-refractivity contribution in [2.24, 2.45) is 0 Å². The van der Waals surface area contributed by atoms with E-state index in [1.54, 1.807) is 93.5 Å². The molecule has 0 bridgehead atoms. The van der Waals surface area contributed by atoms with Gasteiger partial charge < -0.3 is 72.8 Å². The van der Waals surface area contributed by atoms with Gasteiger partial charge in [-0.15, -0.1) is 3.63 Å². The highest BCUT2D eigenvalue weighted by atomic mass is 32.3. The Kier molecular flexibility index (Phi) is 43.9. The van der Waals surface area contributed by atoms with Crippen LogP contribution in [0.5, 0.6) is 11.5 Å². The molecule has 4 rings (SSSR count). The molecule has 0 fully saturated rings. The number of aromatic hydroxyl groups is 1. The fraction of sp³-hybridized carbons (Fsp3) is 0.613. The minimum absolute atomic E-state index is 0.101. The number of carbonyl (C=O) groups is 4. The zero-order valence-electron chi connectivity index (χ0n) is 61.2. The number of carbonyl (C=O) groups excluding carboxylic acids is 4. The second-order valence-corrected chi connectivity index (χ2v) is 33.9. The van der Waals surface area contributed by atoms with Crippen LogP contribution in [-0.4, -0.2) is 103 Å². The van der Waals surface area contributed by atoms with Crippen molar-refractivity contribution in [1.82, 2.24) is 16.0 Å². The van der Waals surface area contributed by atoms with Crippen molar-refractivity contribution in [3.63, 3.8) is 0 Å². The van der Waals surface area contributed by atoms with Crippen LogP contribution in [-0.2, 0) is 53.0 Å². The van der Waals surface area contributed by atoms with Gasteiger partial charge in [-0.05, 0) is 93.7 Å². The number of aliphatic carboxylic acids is 1. The highest BCUT2D eigenvalue weighted by Crippen LogP contribution is 2.33. The summed E-state index contributed by atoms with van der Waals surface area (Å²) in [5.74, 6) is -3.02. The second kappa shape index (κ2) is 45.6. The number of halogens is 12. The van der Waals surface area contributed by atoms with E-state index < -0.39 is 129 Å². The maximum atomic E-state index is 12.4. The highest BCUT2D eigenvalue weighted by molar-refractivity contribution is 8.00. The number of alkyl halides is 12. The molecule has 0 unspecified atom stereocenters. The van der Waals surface area contributed by atoms with Crippen LogP contribution in [0.2, 0.25) is 18.1 Å². The predicted molar refractivity (Wildman–Crippen MR) is 359 cm³/mol. The molecule has 4 aromatic rings. The molecule has 4 heterocycles. The van der Waals surface area contributed by atoms with E-state index in [1.807, 2.05) is 17.5 Å².